The van der Waals surface area contributed by atoms with Crippen molar-refractivity contribution in [1.82, 2.24) is 0 Å². The van der Waals surface area contributed by atoms with Gasteiger partial charge >= 0.3 is 0 Å². The van der Waals surface area contributed by atoms with Crippen LogP contribution in [0.5, 0.6) is 0 Å². The molecule has 0 saturated carbocycles. The Morgan fingerprint density at radius 3 is 2.43 bits per heavy atom. The molecule has 2 aliphatic carbocycles. The highest BCUT2D eigenvalue weighted by Crippen LogP contribution is 2.46. The monoisotopic (exact) mass is 387 g/mol. The molecule has 3 heteroatoms. The van der Waals surface area contributed by atoms with Crippen molar-refractivity contribution in [2.24, 2.45) is 10.4 Å². The van der Waals surface area contributed by atoms with E-state index in [1.165, 1.54) is 16.7 Å². The molecule has 0 fully saturated rings. The number of nitriles is 2. The van der Waals surface area contributed by atoms with Crippen molar-refractivity contribution in [3.63, 3.8) is 0 Å². The molecule has 0 saturated heterocycles. The Kier molecular flexibility index (Phi) is 4.46. The molecule has 144 valence electrons. The van der Waals surface area contributed by atoms with Gasteiger partial charge in [-0.25, -0.2) is 0 Å². The molecule has 0 N–H and O–H groups in total. The van der Waals surface area contributed by atoms with Gasteiger partial charge in [0.05, 0.1) is 17.3 Å². The number of aryl methyl sites for hydroxylation is 1. The molecule has 3 nitrogen and oxygen atoms in total. The third kappa shape index (κ3) is 3.00. The molecule has 0 radical (unpaired) electrons. The molecule has 0 aliphatic heterocycles. The second-order valence-corrected chi connectivity index (χ2v) is 8.38. The van der Waals surface area contributed by atoms with E-state index in [1.54, 1.807) is 0 Å². The molecule has 3 aromatic rings. The van der Waals surface area contributed by atoms with Crippen LogP contribution in [-0.2, 0) is 19.3 Å². The van der Waals surface area contributed by atoms with Gasteiger partial charge in [-0.15, -0.1) is 0 Å². The summed E-state index contributed by atoms with van der Waals surface area (Å²) in [6.07, 6.45) is 7.17. The number of hydrogen-bond acceptors (Lipinski definition) is 3. The van der Waals surface area contributed by atoms with Crippen LogP contribution in [-0.4, -0.2) is 5.71 Å². The first-order valence-corrected chi connectivity index (χ1v) is 10.4. The number of nitrogens with zero attached hydrogens (tertiary/aromatic N) is 3. The quantitative estimate of drug-likeness (QED) is 0.509. The fourth-order valence-corrected chi connectivity index (χ4v) is 5.26. The molecule has 0 aromatic heterocycles. The number of fused-ring (bicyclic) bond motifs is 2. The average molecular weight is 387 g/mol. The summed E-state index contributed by atoms with van der Waals surface area (Å²) in [4.78, 5) is 4.39. The van der Waals surface area contributed by atoms with Gasteiger partial charge in [0.2, 0.25) is 6.19 Å². The molecule has 0 heterocycles. The van der Waals surface area contributed by atoms with Crippen molar-refractivity contribution in [1.29, 1.82) is 10.5 Å². The summed E-state index contributed by atoms with van der Waals surface area (Å²) in [6.45, 7) is 0. The molecule has 0 bridgehead atoms. The highest BCUT2D eigenvalue weighted by Gasteiger charge is 2.44. The maximum atomic E-state index is 9.51. The van der Waals surface area contributed by atoms with E-state index in [4.69, 9.17) is 0 Å². The van der Waals surface area contributed by atoms with Gasteiger partial charge < -0.3 is 0 Å². The van der Waals surface area contributed by atoms with Crippen molar-refractivity contribution in [3.05, 3.63) is 94.5 Å². The molecule has 1 spiro atoms. The van der Waals surface area contributed by atoms with Gasteiger partial charge in [0.15, 0.2) is 0 Å². The third-order valence-electron chi connectivity index (χ3n) is 6.63. The first-order chi connectivity index (χ1) is 14.7. The minimum absolute atomic E-state index is 0.113. The Morgan fingerprint density at radius 1 is 0.800 bits per heavy atom. The number of rotatable bonds is 1. The van der Waals surface area contributed by atoms with Crippen molar-refractivity contribution in [2.75, 3.05) is 0 Å². The highest BCUT2D eigenvalue weighted by atomic mass is 14.8. The second-order valence-electron chi connectivity index (χ2n) is 8.38. The summed E-state index contributed by atoms with van der Waals surface area (Å²) in [6, 6.07) is 25.0. The van der Waals surface area contributed by atoms with E-state index >= 15 is 0 Å². The summed E-state index contributed by atoms with van der Waals surface area (Å²) in [5, 5.41) is 18.8. The van der Waals surface area contributed by atoms with E-state index in [0.29, 0.717) is 5.56 Å². The lowest BCUT2D eigenvalue weighted by Gasteiger charge is -2.28. The van der Waals surface area contributed by atoms with Gasteiger partial charge in [0, 0.05) is 11.0 Å². The van der Waals surface area contributed by atoms with Gasteiger partial charge in [0.25, 0.3) is 0 Å². The van der Waals surface area contributed by atoms with Gasteiger partial charge in [0.1, 0.15) is 0 Å². The molecular weight excluding hydrogens is 366 g/mol. The molecule has 5 rings (SSSR count). The summed E-state index contributed by atoms with van der Waals surface area (Å²) in [7, 11) is 0. The zero-order chi connectivity index (χ0) is 20.6. The van der Waals surface area contributed by atoms with E-state index < -0.39 is 0 Å². The average Bonchev–Trinajstić information content (AvgIpc) is 2.94. The van der Waals surface area contributed by atoms with E-state index in [9.17, 15) is 10.5 Å². The van der Waals surface area contributed by atoms with Crippen molar-refractivity contribution >= 4 is 5.71 Å². The highest BCUT2D eigenvalue weighted by molar-refractivity contribution is 6.10. The third-order valence-corrected chi connectivity index (χ3v) is 6.63. The molecule has 1 atom stereocenters. The Bertz CT molecular complexity index is 1260. The molecular formula is C27H21N3. The van der Waals surface area contributed by atoms with Crippen LogP contribution >= 0.6 is 0 Å². The van der Waals surface area contributed by atoms with Crippen LogP contribution in [0, 0.1) is 28.2 Å². The normalized spacial score (nSPS) is 20.8. The summed E-state index contributed by atoms with van der Waals surface area (Å²) >= 11 is 0. The van der Waals surface area contributed by atoms with Crippen LogP contribution in [0.4, 0.5) is 0 Å². The molecule has 0 amide bonds. The first-order valence-electron chi connectivity index (χ1n) is 10.4. The molecule has 3 aromatic carbocycles. The van der Waals surface area contributed by atoms with Crippen molar-refractivity contribution in [2.45, 2.75) is 32.1 Å². The number of aliphatic imine (C=N–C) groups is 1. The predicted molar refractivity (Wildman–Crippen MR) is 118 cm³/mol. The van der Waals surface area contributed by atoms with Gasteiger partial charge in [-0.3, -0.25) is 0 Å². The van der Waals surface area contributed by atoms with E-state index in [1.807, 2.05) is 24.3 Å². The van der Waals surface area contributed by atoms with Crippen LogP contribution in [0.2, 0.25) is 0 Å². The van der Waals surface area contributed by atoms with E-state index in [-0.39, 0.29) is 5.41 Å². The zero-order valence-electron chi connectivity index (χ0n) is 16.7. The molecule has 30 heavy (non-hydrogen) atoms. The fraction of sp³-hybridized carbons (Fsp3) is 0.222. The summed E-state index contributed by atoms with van der Waals surface area (Å²) < 4.78 is 0. The van der Waals surface area contributed by atoms with E-state index in [0.717, 1.165) is 54.5 Å². The Hall–Kier alpha value is -3.69. The summed E-state index contributed by atoms with van der Waals surface area (Å²) in [5.74, 6) is 0. The largest absolute Gasteiger partial charge is 0.205 e. The second kappa shape index (κ2) is 7.29. The lowest BCUT2D eigenvalue weighted by molar-refractivity contribution is 0.392. The fourth-order valence-electron chi connectivity index (χ4n) is 5.26. The van der Waals surface area contributed by atoms with Crippen LogP contribution < -0.4 is 0 Å². The van der Waals surface area contributed by atoms with Crippen LogP contribution in [0.3, 0.4) is 0 Å². The number of hydrogen-bond donors (Lipinski definition) is 0. The standard InChI is InChI=1S/C27H21N3/c28-17-19-5-3-8-21(13-19)22-10-11-24-16-27(26(30-18-29)25(24)14-22)12-4-9-20-6-1-2-7-23(20)15-27/h1-3,5-8,10-11,13-14H,4,9,12,15-16H2/b30-26-. The minimum atomic E-state index is -0.113. The van der Waals surface area contributed by atoms with Crippen LogP contribution in [0.1, 0.15) is 40.7 Å². The Morgan fingerprint density at radius 2 is 1.60 bits per heavy atom. The number of benzene rings is 3. The molecule has 1 unspecified atom stereocenters. The zero-order valence-corrected chi connectivity index (χ0v) is 16.7. The van der Waals surface area contributed by atoms with Gasteiger partial charge in [-0.1, -0.05) is 48.5 Å². The van der Waals surface area contributed by atoms with Crippen molar-refractivity contribution in [3.8, 4) is 23.4 Å². The lowest BCUT2D eigenvalue weighted by Crippen LogP contribution is -2.30. The van der Waals surface area contributed by atoms with Crippen molar-refractivity contribution < 1.29 is 0 Å². The maximum Gasteiger partial charge on any atom is 0.205 e. The maximum absolute atomic E-state index is 9.51. The Balaban J connectivity index is 1.61. The Labute approximate surface area is 176 Å². The van der Waals surface area contributed by atoms with E-state index in [2.05, 4.69) is 59.7 Å². The predicted octanol–water partition coefficient (Wildman–Crippen LogP) is 5.62. The van der Waals surface area contributed by atoms with Gasteiger partial charge in [-0.05, 0) is 78.1 Å². The van der Waals surface area contributed by atoms with Crippen LogP contribution in [0.25, 0.3) is 11.1 Å². The SMILES string of the molecule is N#C/N=C1/c2cc(-c3cccc(C#N)c3)ccc2CC12CCCc1ccccc1C2. The van der Waals surface area contributed by atoms with Crippen LogP contribution in [0.15, 0.2) is 71.7 Å². The first kappa shape index (κ1) is 18.3. The lowest BCUT2D eigenvalue weighted by atomic mass is 9.75. The topological polar surface area (TPSA) is 59.9 Å². The van der Waals surface area contributed by atoms with Gasteiger partial charge in [-0.2, -0.15) is 15.5 Å². The summed E-state index contributed by atoms with van der Waals surface area (Å²) in [5.41, 5.74) is 8.72. The minimum Gasteiger partial charge on any atom is -0.192 e. The smallest absolute Gasteiger partial charge is 0.192 e. The molecule has 2 aliphatic rings.